The van der Waals surface area contributed by atoms with Gasteiger partial charge in [0.15, 0.2) is 0 Å². The van der Waals surface area contributed by atoms with Crippen LogP contribution in [0.5, 0.6) is 0 Å². The third-order valence-electron chi connectivity index (χ3n) is 9.41. The molecular weight excluding hydrogens is 572 g/mol. The Kier molecular flexibility index (Phi) is 8.05. The van der Waals surface area contributed by atoms with Crippen molar-refractivity contribution in [3.05, 3.63) is 83.9 Å². The van der Waals surface area contributed by atoms with Crippen LogP contribution in [0.2, 0.25) is 0 Å². The number of esters is 2. The molecule has 0 aromatic heterocycles. The zero-order chi connectivity index (χ0) is 33.1. The summed E-state index contributed by atoms with van der Waals surface area (Å²) in [5, 5.41) is 10.9. The van der Waals surface area contributed by atoms with Crippen molar-refractivity contribution in [3.8, 4) is 11.1 Å². The van der Waals surface area contributed by atoms with E-state index in [1.54, 1.807) is 0 Å². The maximum absolute atomic E-state index is 13.7. The van der Waals surface area contributed by atoms with E-state index in [1.165, 1.54) is 0 Å². The van der Waals surface area contributed by atoms with Gasteiger partial charge in [0.2, 0.25) is 0 Å². The summed E-state index contributed by atoms with van der Waals surface area (Å²) in [5.41, 5.74) is 2.58. The van der Waals surface area contributed by atoms with Gasteiger partial charge in [-0.3, -0.25) is 0 Å². The molecule has 0 saturated carbocycles. The molecule has 0 aliphatic carbocycles. The Balaban J connectivity index is 1.31. The quantitative estimate of drug-likeness (QED) is 0.218. The van der Waals surface area contributed by atoms with E-state index in [0.717, 1.165) is 58.4 Å². The highest BCUT2D eigenvalue weighted by atomic mass is 16.5. The minimum atomic E-state index is -0.298. The predicted octanol–water partition coefficient (Wildman–Crippen LogP) is 8.59. The first kappa shape index (κ1) is 32.2. The molecule has 4 aromatic carbocycles. The lowest BCUT2D eigenvalue weighted by Crippen LogP contribution is -2.59. The fourth-order valence-electron chi connectivity index (χ4n) is 8.40. The zero-order valence-corrected chi connectivity index (χ0v) is 28.5. The number of hydrogen-bond acceptors (Lipinski definition) is 6. The lowest BCUT2D eigenvalue weighted by Gasteiger charge is -2.46. The minimum Gasteiger partial charge on any atom is -0.459 e. The summed E-state index contributed by atoms with van der Waals surface area (Å²) in [6.45, 7) is 17.2. The van der Waals surface area contributed by atoms with Gasteiger partial charge in [-0.2, -0.15) is 0 Å². The molecule has 0 amide bonds. The largest absolute Gasteiger partial charge is 0.459 e. The Morgan fingerprint density at radius 3 is 1.61 bits per heavy atom. The Morgan fingerprint density at radius 2 is 1.07 bits per heavy atom. The highest BCUT2D eigenvalue weighted by Gasteiger charge is 2.40. The molecule has 2 aliphatic heterocycles. The van der Waals surface area contributed by atoms with Crippen molar-refractivity contribution in [1.82, 2.24) is 10.6 Å². The topological polar surface area (TPSA) is 76.7 Å². The van der Waals surface area contributed by atoms with E-state index in [9.17, 15) is 9.59 Å². The molecule has 6 nitrogen and oxygen atoms in total. The van der Waals surface area contributed by atoms with Crippen LogP contribution in [-0.4, -0.2) is 46.3 Å². The van der Waals surface area contributed by atoms with Gasteiger partial charge in [0.05, 0.1) is 11.1 Å². The number of benzene rings is 4. The van der Waals surface area contributed by atoms with Crippen molar-refractivity contribution in [2.75, 3.05) is 0 Å². The van der Waals surface area contributed by atoms with Gasteiger partial charge in [-0.25, -0.2) is 9.59 Å². The molecule has 6 heteroatoms. The van der Waals surface area contributed by atoms with Gasteiger partial charge in [-0.05, 0) is 106 Å². The molecule has 0 bridgehead atoms. The van der Waals surface area contributed by atoms with Crippen LogP contribution in [0.15, 0.2) is 72.8 Å². The summed E-state index contributed by atoms with van der Waals surface area (Å²) in [7, 11) is 0. The molecule has 2 fully saturated rings. The fourth-order valence-corrected chi connectivity index (χ4v) is 8.40. The number of piperidine rings is 2. The van der Waals surface area contributed by atoms with Crippen molar-refractivity contribution in [2.45, 2.75) is 115 Å². The van der Waals surface area contributed by atoms with Crippen LogP contribution in [-0.2, 0) is 9.47 Å². The molecule has 0 atom stereocenters. The fraction of sp³-hybridized carbons (Fsp3) is 0.450. The van der Waals surface area contributed by atoms with E-state index in [-0.39, 0.29) is 46.3 Å². The molecule has 4 aromatic rings. The Hall–Kier alpha value is -3.74. The highest BCUT2D eigenvalue weighted by molar-refractivity contribution is 6.11. The molecule has 2 saturated heterocycles. The first-order valence-electron chi connectivity index (χ1n) is 16.6. The third-order valence-corrected chi connectivity index (χ3v) is 9.41. The van der Waals surface area contributed by atoms with E-state index in [4.69, 9.17) is 9.47 Å². The summed E-state index contributed by atoms with van der Waals surface area (Å²) in [4.78, 5) is 27.3. The molecule has 0 spiro atoms. The van der Waals surface area contributed by atoms with Gasteiger partial charge in [0.1, 0.15) is 12.2 Å². The summed E-state index contributed by atoms with van der Waals surface area (Å²) >= 11 is 0. The molecule has 0 radical (unpaired) electrons. The van der Waals surface area contributed by atoms with E-state index in [2.05, 4.69) is 84.2 Å². The normalized spacial score (nSPS) is 20.8. The van der Waals surface area contributed by atoms with Crippen LogP contribution < -0.4 is 10.6 Å². The molecule has 0 unspecified atom stereocenters. The second-order valence-corrected chi connectivity index (χ2v) is 16.1. The number of fused-ring (bicyclic) bond motifs is 2. The third kappa shape index (κ3) is 6.84. The average molecular weight is 621 g/mol. The molecular formula is C40H48N2O4. The highest BCUT2D eigenvalue weighted by Crippen LogP contribution is 2.36. The van der Waals surface area contributed by atoms with Crippen LogP contribution in [0.4, 0.5) is 0 Å². The Morgan fingerprint density at radius 1 is 0.565 bits per heavy atom. The number of carbonyl (C=O) groups is 2. The maximum Gasteiger partial charge on any atom is 0.339 e. The van der Waals surface area contributed by atoms with Crippen molar-refractivity contribution >= 4 is 33.5 Å². The smallest absolute Gasteiger partial charge is 0.339 e. The van der Waals surface area contributed by atoms with E-state index in [1.807, 2.05) is 54.6 Å². The Labute approximate surface area is 273 Å². The first-order valence-corrected chi connectivity index (χ1v) is 16.6. The lowest BCUT2D eigenvalue weighted by molar-refractivity contribution is -0.00748. The van der Waals surface area contributed by atoms with E-state index in [0.29, 0.717) is 11.1 Å². The van der Waals surface area contributed by atoms with Gasteiger partial charge in [-0.1, -0.05) is 54.6 Å². The molecule has 2 N–H and O–H groups in total. The van der Waals surface area contributed by atoms with Gasteiger partial charge in [0.25, 0.3) is 0 Å². The number of ether oxygens (including phenoxy) is 2. The summed E-state index contributed by atoms with van der Waals surface area (Å²) in [6.07, 6.45) is 2.69. The maximum atomic E-state index is 13.7. The van der Waals surface area contributed by atoms with Crippen LogP contribution >= 0.6 is 0 Å². The molecule has 2 aliphatic rings. The van der Waals surface area contributed by atoms with Crippen LogP contribution in [0, 0.1) is 0 Å². The number of carbonyl (C=O) groups excluding carboxylic acids is 2. The molecule has 2 heterocycles. The van der Waals surface area contributed by atoms with Gasteiger partial charge in [0, 0.05) is 47.8 Å². The summed E-state index contributed by atoms with van der Waals surface area (Å²) in [6, 6.07) is 23.8. The van der Waals surface area contributed by atoms with Crippen LogP contribution in [0.1, 0.15) is 102 Å². The second kappa shape index (κ2) is 11.5. The average Bonchev–Trinajstić information content (AvgIpc) is 2.92. The lowest BCUT2D eigenvalue weighted by atomic mass is 9.81. The predicted molar refractivity (Wildman–Crippen MR) is 186 cm³/mol. The first-order chi connectivity index (χ1) is 21.5. The van der Waals surface area contributed by atoms with E-state index >= 15 is 0 Å². The number of hydrogen-bond donors (Lipinski definition) is 2. The number of rotatable bonds is 5. The number of nitrogens with one attached hydrogen (secondary N) is 2. The van der Waals surface area contributed by atoms with Crippen molar-refractivity contribution in [1.29, 1.82) is 0 Å². The second-order valence-electron chi connectivity index (χ2n) is 16.1. The van der Waals surface area contributed by atoms with Crippen LogP contribution in [0.3, 0.4) is 0 Å². The minimum absolute atomic E-state index is 0.124. The summed E-state index contributed by atoms with van der Waals surface area (Å²) in [5.74, 6) is -0.595. The monoisotopic (exact) mass is 620 g/mol. The van der Waals surface area contributed by atoms with Gasteiger partial charge >= 0.3 is 11.9 Å². The van der Waals surface area contributed by atoms with Crippen LogP contribution in [0.25, 0.3) is 32.7 Å². The zero-order valence-electron chi connectivity index (χ0n) is 28.5. The Bertz CT molecular complexity index is 1790. The SMILES string of the molecule is CC1(C)CC(OC(=O)c2cccc3ccc(-c4ccc(C(=O)OC5CC(C)(C)NC(C)(C)C5)c5ccccc45)cc23)CC(C)(C)N1. The van der Waals surface area contributed by atoms with Crippen molar-refractivity contribution < 1.29 is 19.1 Å². The molecule has 6 rings (SSSR count). The molecule has 242 valence electrons. The van der Waals surface area contributed by atoms with Crippen molar-refractivity contribution in [3.63, 3.8) is 0 Å². The van der Waals surface area contributed by atoms with Crippen molar-refractivity contribution in [2.24, 2.45) is 0 Å². The van der Waals surface area contributed by atoms with Gasteiger partial charge in [-0.15, -0.1) is 0 Å². The van der Waals surface area contributed by atoms with Gasteiger partial charge < -0.3 is 20.1 Å². The molecule has 46 heavy (non-hydrogen) atoms. The van der Waals surface area contributed by atoms with E-state index < -0.39 is 0 Å². The standard InChI is InChI=1S/C40H48N2O4/c1-37(2)21-27(22-38(3,4)41-37)45-35(43)32-15-11-12-25-16-17-26(20-34(25)32)29-18-19-33(31-14-10-9-13-30(29)31)36(44)46-28-23-39(5,6)42-40(7,8)24-28/h9-20,27-28,41-42H,21-24H2,1-8H3. The summed E-state index contributed by atoms with van der Waals surface area (Å²) < 4.78 is 12.3.